The van der Waals surface area contributed by atoms with E-state index in [2.05, 4.69) is 16.0 Å². The van der Waals surface area contributed by atoms with Crippen LogP contribution in [0.2, 0.25) is 0 Å². The molecule has 0 aliphatic carbocycles. The third-order valence-electron chi connectivity index (χ3n) is 1.29. The standard InChI is InChI=1S/C3H6ClN3.2Al.4H/c4-3-6-1-5-2-7-3;;;;;;/h1-3,5-7H;;;;;;. The van der Waals surface area contributed by atoms with Gasteiger partial charge in [0.1, 0.15) is 5.62 Å². The Bertz CT molecular complexity index is 78.0. The van der Waals surface area contributed by atoms with Gasteiger partial charge >= 0.3 is 0 Å². The lowest BCUT2D eigenvalue weighted by Gasteiger charge is -2.33. The molecule has 1 aliphatic rings. The smallest absolute Gasteiger partial charge is 0.262 e. The summed E-state index contributed by atoms with van der Waals surface area (Å²) in [6.07, 6.45) is 0. The maximum atomic E-state index is 5.79. The van der Waals surface area contributed by atoms with Crippen LogP contribution in [0.15, 0.2) is 0 Å². The molecular formula is C3H10Al2ClN3. The summed E-state index contributed by atoms with van der Waals surface area (Å²) < 4.78 is 0. The largest absolute Gasteiger partial charge is 0.314 e. The summed E-state index contributed by atoms with van der Waals surface area (Å²) in [7, 11) is 0. The molecule has 6 heteroatoms. The molecule has 9 heavy (non-hydrogen) atoms. The molecule has 3 nitrogen and oxygen atoms in total. The van der Waals surface area contributed by atoms with Gasteiger partial charge in [-0.3, -0.25) is 10.6 Å². The number of nitrogens with one attached hydrogen (secondary N) is 3. The van der Waals surface area contributed by atoms with Gasteiger partial charge in [0.15, 0.2) is 0 Å². The highest BCUT2D eigenvalue weighted by Crippen LogP contribution is 1.92. The predicted molar refractivity (Wildman–Crippen MR) is 43.7 cm³/mol. The fourth-order valence-corrected chi connectivity index (χ4v) is 4.09. The highest BCUT2D eigenvalue weighted by molar-refractivity contribution is 6.22. The fraction of sp³-hybridized carbons (Fsp3) is 1.00. The van der Waals surface area contributed by atoms with Crippen molar-refractivity contribution in [3.8, 4) is 0 Å². The Balaban J connectivity index is 2.34. The van der Waals surface area contributed by atoms with E-state index >= 15 is 0 Å². The number of hydrogen-bond donors (Lipinski definition) is 3. The Labute approximate surface area is 75.7 Å². The first-order chi connectivity index (χ1) is 4.18. The van der Waals surface area contributed by atoms with Crippen molar-refractivity contribution in [1.29, 1.82) is 0 Å². The molecule has 1 heterocycles. The van der Waals surface area contributed by atoms with E-state index in [-0.39, 0.29) is 5.62 Å². The van der Waals surface area contributed by atoms with Crippen molar-refractivity contribution in [2.24, 2.45) is 0 Å². The summed E-state index contributed by atoms with van der Waals surface area (Å²) in [5, 5.41) is 10.5. The average Bonchev–Trinajstić information content (AvgIpc) is 1.59. The van der Waals surface area contributed by atoms with Crippen LogP contribution >= 0.6 is 11.6 Å². The van der Waals surface area contributed by atoms with E-state index in [0.29, 0.717) is 10.1 Å². The molecule has 1 rings (SSSR count). The van der Waals surface area contributed by atoms with Gasteiger partial charge in [-0.2, -0.15) is 0 Å². The van der Waals surface area contributed by atoms with E-state index in [9.17, 15) is 0 Å². The maximum absolute atomic E-state index is 5.79. The molecule has 1 fully saturated rings. The monoisotopic (exact) mass is 177 g/mol. The zero-order valence-electron chi connectivity index (χ0n) is 5.61. The summed E-state index contributed by atoms with van der Waals surface area (Å²) in [5.74, 6) is 0. The molecule has 0 bridgehead atoms. The van der Waals surface area contributed by atoms with Crippen molar-refractivity contribution in [2.45, 2.75) is 15.7 Å². The molecule has 3 N–H and O–H groups in total. The van der Waals surface area contributed by atoms with Crippen molar-refractivity contribution in [1.82, 2.24) is 16.0 Å². The minimum absolute atomic E-state index is 0.0313. The maximum Gasteiger partial charge on any atom is 0.262 e. The van der Waals surface area contributed by atoms with Gasteiger partial charge in [0, 0.05) is 0 Å². The minimum atomic E-state index is -0.0313. The molecule has 0 radical (unpaired) electrons. The first kappa shape index (κ1) is 8.33. The molecule has 0 aromatic rings. The van der Waals surface area contributed by atoms with Gasteiger partial charge in [-0.05, 0) is 10.1 Å². The molecule has 50 valence electrons. The average molecular weight is 178 g/mol. The second-order valence-corrected chi connectivity index (χ2v) is 5.05. The van der Waals surface area contributed by atoms with E-state index in [4.69, 9.17) is 11.6 Å². The highest BCUT2D eigenvalue weighted by Gasteiger charge is 2.17. The van der Waals surface area contributed by atoms with Crippen molar-refractivity contribution >= 4 is 44.2 Å². The number of halogens is 1. The van der Waals surface area contributed by atoms with Crippen LogP contribution in [-0.2, 0) is 0 Å². The Morgan fingerprint density at radius 1 is 1.00 bits per heavy atom. The zero-order chi connectivity index (χ0) is 6.85. The first-order valence-corrected chi connectivity index (χ1v) is 5.85. The highest BCUT2D eigenvalue weighted by atomic mass is 35.5. The van der Waals surface area contributed by atoms with Crippen molar-refractivity contribution in [3.05, 3.63) is 0 Å². The van der Waals surface area contributed by atoms with Gasteiger partial charge in [0.25, 0.3) is 32.6 Å². The molecule has 1 saturated heterocycles. The van der Waals surface area contributed by atoms with E-state index in [1.54, 1.807) is 0 Å². The summed E-state index contributed by atoms with van der Waals surface area (Å²) in [4.78, 5) is 0. The topological polar surface area (TPSA) is 36.1 Å². The Morgan fingerprint density at radius 2 is 1.44 bits per heavy atom. The first-order valence-electron chi connectivity index (χ1n) is 3.10. The van der Waals surface area contributed by atoms with E-state index < -0.39 is 0 Å². The molecule has 0 aromatic carbocycles. The molecule has 2 unspecified atom stereocenters. The van der Waals surface area contributed by atoms with Crippen LogP contribution in [0.25, 0.3) is 0 Å². The number of rotatable bonds is 0. The third kappa shape index (κ3) is 2.76. The normalized spacial score (nSPS) is 44.8. The van der Waals surface area contributed by atoms with Crippen molar-refractivity contribution in [2.75, 3.05) is 0 Å². The van der Waals surface area contributed by atoms with E-state index in [1.807, 2.05) is 0 Å². The van der Waals surface area contributed by atoms with Crippen molar-refractivity contribution in [3.63, 3.8) is 0 Å². The lowest BCUT2D eigenvalue weighted by Crippen LogP contribution is -2.65. The Morgan fingerprint density at radius 3 is 1.78 bits per heavy atom. The SMILES string of the molecule is [AlH2][CH]1N[CH]([AlH2])NC(Cl)N1. The van der Waals surface area contributed by atoms with Gasteiger partial charge in [-0.15, -0.1) is 0 Å². The van der Waals surface area contributed by atoms with Crippen molar-refractivity contribution < 1.29 is 0 Å². The summed E-state index contributed by atoms with van der Waals surface area (Å²) in [6, 6.07) is 0. The lowest BCUT2D eigenvalue weighted by atomic mass is 10.7. The van der Waals surface area contributed by atoms with Gasteiger partial charge in [-0.25, -0.2) is 0 Å². The Kier molecular flexibility index (Phi) is 3.31. The molecule has 0 aromatic heterocycles. The fourth-order valence-electron chi connectivity index (χ4n) is 0.958. The van der Waals surface area contributed by atoms with Crippen LogP contribution in [0, 0.1) is 0 Å². The third-order valence-corrected chi connectivity index (χ3v) is 2.88. The molecule has 0 spiro atoms. The summed E-state index contributed by atoms with van der Waals surface area (Å²) in [6.45, 7) is 0. The van der Waals surface area contributed by atoms with Crippen LogP contribution in [0.4, 0.5) is 0 Å². The Hall–Kier alpha value is 1.23. The second-order valence-electron chi connectivity index (χ2n) is 2.31. The van der Waals surface area contributed by atoms with E-state index in [1.165, 1.54) is 0 Å². The quantitative estimate of drug-likeness (QED) is 0.212. The van der Waals surface area contributed by atoms with Gasteiger partial charge in [0.05, 0.1) is 0 Å². The molecule has 0 amide bonds. The lowest BCUT2D eigenvalue weighted by molar-refractivity contribution is 0.353. The molecule has 1 aliphatic heterocycles. The van der Waals surface area contributed by atoms with Gasteiger partial charge < -0.3 is 5.32 Å². The van der Waals surface area contributed by atoms with Crippen LogP contribution in [0.1, 0.15) is 0 Å². The van der Waals surface area contributed by atoms with Gasteiger partial charge in [0.2, 0.25) is 0 Å². The zero-order valence-corrected chi connectivity index (χ0v) is 10.4. The van der Waals surface area contributed by atoms with Crippen LogP contribution in [0.5, 0.6) is 0 Å². The minimum Gasteiger partial charge on any atom is -0.314 e. The summed E-state index contributed by atoms with van der Waals surface area (Å²) in [5.41, 5.74) is -0.0313. The molecular weight excluding hydrogens is 167 g/mol. The predicted octanol–water partition coefficient (Wildman–Crippen LogP) is -2.88. The second kappa shape index (κ2) is 3.58. The number of alkyl halides is 1. The van der Waals surface area contributed by atoms with E-state index in [0.717, 1.165) is 32.6 Å². The van der Waals surface area contributed by atoms with Crippen LogP contribution in [-0.4, -0.2) is 48.3 Å². The van der Waals surface area contributed by atoms with Crippen LogP contribution < -0.4 is 16.0 Å². The molecule has 0 saturated carbocycles. The van der Waals surface area contributed by atoms with Crippen LogP contribution in [0.3, 0.4) is 0 Å². The van der Waals surface area contributed by atoms with Gasteiger partial charge in [-0.1, -0.05) is 11.6 Å². The summed E-state index contributed by atoms with van der Waals surface area (Å²) >= 11 is 7.99. The number of hydrogen-bond acceptors (Lipinski definition) is 3. The molecule has 2 atom stereocenters.